The lowest BCUT2D eigenvalue weighted by Crippen LogP contribution is -2.24. The summed E-state index contributed by atoms with van der Waals surface area (Å²) in [5, 5.41) is 23.3. The molecule has 2 aromatic rings. The van der Waals surface area contributed by atoms with Crippen molar-refractivity contribution in [2.75, 3.05) is 13.7 Å². The maximum atomic E-state index is 10.1. The van der Waals surface area contributed by atoms with Gasteiger partial charge in [0.1, 0.15) is 0 Å². The maximum Gasteiger partial charge on any atom is 0.162 e. The fourth-order valence-corrected chi connectivity index (χ4v) is 2.36. The first-order valence-electron chi connectivity index (χ1n) is 6.60. The molecule has 0 aromatic heterocycles. The first-order chi connectivity index (χ1) is 10.2. The van der Waals surface area contributed by atoms with Crippen LogP contribution in [0.5, 0.6) is 11.5 Å². The second kappa shape index (κ2) is 7.31. The molecule has 0 heterocycles. The molecule has 0 spiro atoms. The van der Waals surface area contributed by atoms with Gasteiger partial charge in [0, 0.05) is 23.2 Å². The lowest BCUT2D eigenvalue weighted by atomic mass is 10.1. The fourth-order valence-electron chi connectivity index (χ4n) is 2.12. The van der Waals surface area contributed by atoms with Crippen LogP contribution in [0.25, 0.3) is 0 Å². The molecular weight excluding hydrogens is 290 g/mol. The van der Waals surface area contributed by atoms with Crippen LogP contribution in [0.15, 0.2) is 42.5 Å². The third-order valence-corrected chi connectivity index (χ3v) is 3.48. The second-order valence-corrected chi connectivity index (χ2v) is 5.08. The van der Waals surface area contributed by atoms with Crippen molar-refractivity contribution in [1.29, 1.82) is 0 Å². The Morgan fingerprint density at radius 2 is 1.95 bits per heavy atom. The normalized spacial score (nSPS) is 12.1. The van der Waals surface area contributed by atoms with Crippen LogP contribution in [0.2, 0.25) is 5.02 Å². The Labute approximate surface area is 129 Å². The van der Waals surface area contributed by atoms with E-state index < -0.39 is 0 Å². The topological polar surface area (TPSA) is 61.7 Å². The summed E-state index contributed by atoms with van der Waals surface area (Å²) in [7, 11) is 1.48. The molecule has 0 fully saturated rings. The van der Waals surface area contributed by atoms with Gasteiger partial charge in [-0.3, -0.25) is 0 Å². The number of phenols is 1. The zero-order chi connectivity index (χ0) is 15.2. The number of hydrogen-bond donors (Lipinski definition) is 3. The molecule has 0 bridgehead atoms. The smallest absolute Gasteiger partial charge is 0.162 e. The Kier molecular flexibility index (Phi) is 5.44. The van der Waals surface area contributed by atoms with Crippen molar-refractivity contribution in [3.63, 3.8) is 0 Å². The molecule has 0 radical (unpaired) electrons. The minimum Gasteiger partial charge on any atom is -0.504 e. The monoisotopic (exact) mass is 307 g/mol. The molecule has 3 N–H and O–H groups in total. The Morgan fingerprint density at radius 1 is 1.24 bits per heavy atom. The van der Waals surface area contributed by atoms with Gasteiger partial charge in [0.05, 0.1) is 19.8 Å². The first kappa shape index (κ1) is 15.6. The van der Waals surface area contributed by atoms with Crippen LogP contribution in [-0.2, 0) is 6.54 Å². The Morgan fingerprint density at radius 3 is 2.57 bits per heavy atom. The molecule has 4 nitrogen and oxygen atoms in total. The average Bonchev–Trinajstić information content (AvgIpc) is 2.51. The minimum atomic E-state index is -0.212. The summed E-state index contributed by atoms with van der Waals surface area (Å²) in [5.41, 5.74) is 1.60. The molecular formula is C16H18ClNO3. The van der Waals surface area contributed by atoms with E-state index in [2.05, 4.69) is 5.32 Å². The van der Waals surface area contributed by atoms with Crippen molar-refractivity contribution in [3.05, 3.63) is 58.6 Å². The van der Waals surface area contributed by atoms with Gasteiger partial charge in [-0.25, -0.2) is 0 Å². The van der Waals surface area contributed by atoms with Gasteiger partial charge in [0.2, 0.25) is 0 Å². The van der Waals surface area contributed by atoms with Gasteiger partial charge in [-0.15, -0.1) is 0 Å². The Hall–Kier alpha value is -1.75. The first-order valence-corrected chi connectivity index (χ1v) is 6.98. The van der Waals surface area contributed by atoms with Crippen molar-refractivity contribution < 1.29 is 14.9 Å². The standard InChI is InChI=1S/C16H18ClNO3/c1-21-15-8-13(17)7-12(16(15)20)9-18-14(10-19)11-5-3-2-4-6-11/h2-8,14,18-20H,9-10H2,1H3/t14-/m0/s1. The maximum absolute atomic E-state index is 10.1. The van der Waals surface area contributed by atoms with Gasteiger partial charge in [0.15, 0.2) is 11.5 Å². The van der Waals surface area contributed by atoms with Crippen LogP contribution in [-0.4, -0.2) is 23.9 Å². The van der Waals surface area contributed by atoms with E-state index in [1.54, 1.807) is 12.1 Å². The van der Waals surface area contributed by atoms with Gasteiger partial charge < -0.3 is 20.3 Å². The molecule has 0 aliphatic rings. The number of benzene rings is 2. The molecule has 2 aromatic carbocycles. The highest BCUT2D eigenvalue weighted by Crippen LogP contribution is 2.33. The van der Waals surface area contributed by atoms with Gasteiger partial charge in [0.25, 0.3) is 0 Å². The summed E-state index contributed by atoms with van der Waals surface area (Å²) in [6, 6.07) is 12.6. The van der Waals surface area contributed by atoms with Crippen molar-refractivity contribution in [2.45, 2.75) is 12.6 Å². The zero-order valence-corrected chi connectivity index (χ0v) is 12.5. The Bertz CT molecular complexity index is 590. The van der Waals surface area contributed by atoms with E-state index in [-0.39, 0.29) is 18.4 Å². The number of aromatic hydroxyl groups is 1. The second-order valence-electron chi connectivity index (χ2n) is 4.64. The van der Waals surface area contributed by atoms with Gasteiger partial charge in [-0.05, 0) is 11.6 Å². The van der Waals surface area contributed by atoms with Gasteiger partial charge in [-0.1, -0.05) is 41.9 Å². The number of ether oxygens (including phenoxy) is 1. The molecule has 0 unspecified atom stereocenters. The minimum absolute atomic E-state index is 0.0392. The third-order valence-electron chi connectivity index (χ3n) is 3.26. The van der Waals surface area contributed by atoms with Crippen LogP contribution in [0.3, 0.4) is 0 Å². The van der Waals surface area contributed by atoms with Gasteiger partial charge in [-0.2, -0.15) is 0 Å². The largest absolute Gasteiger partial charge is 0.504 e. The number of methoxy groups -OCH3 is 1. The third kappa shape index (κ3) is 3.88. The van der Waals surface area contributed by atoms with E-state index in [9.17, 15) is 10.2 Å². The summed E-state index contributed by atoms with van der Waals surface area (Å²) in [5.74, 6) is 0.388. The molecule has 0 saturated heterocycles. The summed E-state index contributed by atoms with van der Waals surface area (Å²) in [4.78, 5) is 0. The molecule has 5 heteroatoms. The van der Waals surface area contributed by atoms with Crippen LogP contribution in [0, 0.1) is 0 Å². The fraction of sp³-hybridized carbons (Fsp3) is 0.250. The predicted octanol–water partition coefficient (Wildman–Crippen LogP) is 2.88. The highest BCUT2D eigenvalue weighted by atomic mass is 35.5. The van der Waals surface area contributed by atoms with Crippen LogP contribution in [0.4, 0.5) is 0 Å². The number of hydrogen-bond acceptors (Lipinski definition) is 4. The van der Waals surface area contributed by atoms with Crippen LogP contribution in [0.1, 0.15) is 17.2 Å². The lowest BCUT2D eigenvalue weighted by Gasteiger charge is -2.18. The van der Waals surface area contributed by atoms with Crippen molar-refractivity contribution >= 4 is 11.6 Å². The van der Waals surface area contributed by atoms with Crippen molar-refractivity contribution in [2.24, 2.45) is 0 Å². The lowest BCUT2D eigenvalue weighted by molar-refractivity contribution is 0.243. The molecule has 0 amide bonds. The number of aliphatic hydroxyl groups is 1. The van der Waals surface area contributed by atoms with E-state index in [4.69, 9.17) is 16.3 Å². The van der Waals surface area contributed by atoms with Crippen LogP contribution >= 0.6 is 11.6 Å². The number of halogens is 1. The molecule has 2 rings (SSSR count). The van der Waals surface area contributed by atoms with Crippen molar-refractivity contribution in [3.8, 4) is 11.5 Å². The van der Waals surface area contributed by atoms with Gasteiger partial charge >= 0.3 is 0 Å². The van der Waals surface area contributed by atoms with E-state index in [1.165, 1.54) is 7.11 Å². The molecule has 1 atom stereocenters. The molecule has 0 saturated carbocycles. The van der Waals surface area contributed by atoms with E-state index in [1.807, 2.05) is 30.3 Å². The highest BCUT2D eigenvalue weighted by Gasteiger charge is 2.13. The average molecular weight is 308 g/mol. The number of phenolic OH excluding ortho intramolecular Hbond substituents is 1. The highest BCUT2D eigenvalue weighted by molar-refractivity contribution is 6.30. The van der Waals surface area contributed by atoms with E-state index in [0.717, 1.165) is 5.56 Å². The molecule has 21 heavy (non-hydrogen) atoms. The summed E-state index contributed by atoms with van der Waals surface area (Å²) in [6.07, 6.45) is 0. The van der Waals surface area contributed by atoms with E-state index >= 15 is 0 Å². The number of rotatable bonds is 6. The Balaban J connectivity index is 2.13. The SMILES string of the molecule is COc1cc(Cl)cc(CN[C@@H](CO)c2ccccc2)c1O. The van der Waals surface area contributed by atoms with E-state index in [0.29, 0.717) is 22.9 Å². The summed E-state index contributed by atoms with van der Waals surface area (Å²) < 4.78 is 5.07. The quantitative estimate of drug-likeness (QED) is 0.768. The summed E-state index contributed by atoms with van der Waals surface area (Å²) in [6.45, 7) is 0.325. The predicted molar refractivity (Wildman–Crippen MR) is 82.8 cm³/mol. The van der Waals surface area contributed by atoms with Crippen LogP contribution < -0.4 is 10.1 Å². The molecule has 0 aliphatic heterocycles. The molecule has 112 valence electrons. The van der Waals surface area contributed by atoms with Crippen molar-refractivity contribution in [1.82, 2.24) is 5.32 Å². The zero-order valence-electron chi connectivity index (χ0n) is 11.7. The number of aliphatic hydroxyl groups excluding tert-OH is 1. The number of nitrogens with one attached hydrogen (secondary N) is 1. The molecule has 0 aliphatic carbocycles. The summed E-state index contributed by atoms with van der Waals surface area (Å²) >= 11 is 6.00.